The average Bonchev–Trinajstić information content (AvgIpc) is 2.86. The molecule has 192 valence electrons. The first-order chi connectivity index (χ1) is 17.7. The Hall–Kier alpha value is -4.19. The zero-order valence-electron chi connectivity index (χ0n) is 20.3. The van der Waals surface area contributed by atoms with Gasteiger partial charge < -0.3 is 10.2 Å². The Balaban J connectivity index is 1.89. The van der Waals surface area contributed by atoms with Crippen LogP contribution in [0.4, 0.5) is 34.1 Å². The van der Waals surface area contributed by atoms with E-state index in [1.807, 2.05) is 31.2 Å². The van der Waals surface area contributed by atoms with Crippen LogP contribution in [-0.2, 0) is 11.2 Å². The summed E-state index contributed by atoms with van der Waals surface area (Å²) < 4.78 is 0.0467. The van der Waals surface area contributed by atoms with E-state index in [0.717, 1.165) is 43.8 Å². The van der Waals surface area contributed by atoms with Crippen LogP contribution < -0.4 is 10.2 Å². The van der Waals surface area contributed by atoms with Gasteiger partial charge in [-0.3, -0.25) is 25.0 Å². The third-order valence-electron chi connectivity index (χ3n) is 5.47. The van der Waals surface area contributed by atoms with Gasteiger partial charge in [-0.1, -0.05) is 30.3 Å². The van der Waals surface area contributed by atoms with Crippen LogP contribution in [0.3, 0.4) is 0 Å². The van der Waals surface area contributed by atoms with Crippen molar-refractivity contribution in [2.45, 2.75) is 26.7 Å². The van der Waals surface area contributed by atoms with Crippen molar-refractivity contribution in [1.29, 1.82) is 0 Å². The van der Waals surface area contributed by atoms with Gasteiger partial charge in [0.1, 0.15) is 5.69 Å². The van der Waals surface area contributed by atoms with Gasteiger partial charge in [-0.2, -0.15) is 0 Å². The first kappa shape index (κ1) is 27.4. The number of benzene rings is 3. The second kappa shape index (κ2) is 12.7. The fraction of sp³-hybridized carbons (Fsp3) is 0.240. The van der Waals surface area contributed by atoms with Crippen molar-refractivity contribution in [3.8, 4) is 0 Å². The number of anilines is 2. The van der Waals surface area contributed by atoms with E-state index >= 15 is 0 Å². The molecular weight excluding hydrogens is 544 g/mol. The third kappa shape index (κ3) is 7.40. The highest BCUT2D eigenvalue weighted by atomic mass is 79.9. The van der Waals surface area contributed by atoms with E-state index < -0.39 is 21.2 Å². The van der Waals surface area contributed by atoms with Crippen molar-refractivity contribution in [2.24, 2.45) is 10.2 Å². The van der Waals surface area contributed by atoms with Gasteiger partial charge in [-0.05, 0) is 59.5 Å². The van der Waals surface area contributed by atoms with Crippen molar-refractivity contribution in [3.05, 3.63) is 90.9 Å². The van der Waals surface area contributed by atoms with E-state index in [1.165, 1.54) is 12.5 Å². The largest absolute Gasteiger partial charge is 0.372 e. The summed E-state index contributed by atoms with van der Waals surface area (Å²) in [5, 5.41) is 33.4. The molecule has 1 amide bonds. The van der Waals surface area contributed by atoms with Gasteiger partial charge in [-0.15, -0.1) is 10.2 Å². The van der Waals surface area contributed by atoms with E-state index in [9.17, 15) is 25.0 Å². The molecular formula is C25H25BrN6O5. The summed E-state index contributed by atoms with van der Waals surface area (Å²) >= 11 is 3.11. The lowest BCUT2D eigenvalue weighted by Crippen LogP contribution is -2.24. The number of rotatable bonds is 11. The van der Waals surface area contributed by atoms with Gasteiger partial charge in [0.2, 0.25) is 5.91 Å². The second-order valence-electron chi connectivity index (χ2n) is 8.06. The predicted molar refractivity (Wildman–Crippen MR) is 145 cm³/mol. The lowest BCUT2D eigenvalue weighted by Gasteiger charge is -2.24. The van der Waals surface area contributed by atoms with E-state index in [2.05, 4.69) is 48.5 Å². The maximum atomic E-state index is 11.9. The number of hydrogen-bond acceptors (Lipinski definition) is 8. The fourth-order valence-corrected chi connectivity index (χ4v) is 4.22. The number of non-ortho nitro benzene ring substituents is 1. The van der Waals surface area contributed by atoms with Gasteiger partial charge in [-0.25, -0.2) is 0 Å². The number of carbonyl (C=O) groups is 1. The monoisotopic (exact) mass is 568 g/mol. The summed E-state index contributed by atoms with van der Waals surface area (Å²) in [7, 11) is 0. The standard InChI is InChI=1S/C25H25BrN6O5/c1-3-30(13-7-10-18-8-5-4-6-9-18)19-11-12-22(23(15-19)27-17(2)33)28-29-25-21(26)14-20(31(34)35)16-24(25)32(36)37/h4-6,8-9,11-12,14-16H,3,7,10,13H2,1-2H3,(H,27,33). The Bertz CT molecular complexity index is 1330. The maximum Gasteiger partial charge on any atom is 0.304 e. The topological polar surface area (TPSA) is 143 Å². The molecule has 0 aliphatic rings. The summed E-state index contributed by atoms with van der Waals surface area (Å²) in [6, 6.07) is 17.4. The lowest BCUT2D eigenvalue weighted by molar-refractivity contribution is -0.393. The molecule has 0 saturated carbocycles. The minimum Gasteiger partial charge on any atom is -0.372 e. The van der Waals surface area contributed by atoms with Crippen molar-refractivity contribution in [2.75, 3.05) is 23.3 Å². The van der Waals surface area contributed by atoms with Crippen molar-refractivity contribution in [3.63, 3.8) is 0 Å². The molecule has 0 fully saturated rings. The lowest BCUT2D eigenvalue weighted by atomic mass is 10.1. The van der Waals surface area contributed by atoms with Crippen molar-refractivity contribution in [1.82, 2.24) is 0 Å². The van der Waals surface area contributed by atoms with Crippen LogP contribution in [0.2, 0.25) is 0 Å². The Kier molecular flexibility index (Phi) is 9.39. The molecule has 0 aliphatic carbocycles. The first-order valence-electron chi connectivity index (χ1n) is 11.4. The molecule has 3 aromatic rings. The summed E-state index contributed by atoms with van der Waals surface area (Å²) in [6.45, 7) is 4.95. The summed E-state index contributed by atoms with van der Waals surface area (Å²) in [4.78, 5) is 35.1. The van der Waals surface area contributed by atoms with Gasteiger partial charge in [0.15, 0.2) is 5.69 Å². The number of aryl methyl sites for hydroxylation is 1. The number of azo groups is 1. The van der Waals surface area contributed by atoms with E-state index in [0.29, 0.717) is 5.69 Å². The molecule has 0 aromatic heterocycles. The molecule has 37 heavy (non-hydrogen) atoms. The van der Waals surface area contributed by atoms with Crippen LogP contribution in [0.5, 0.6) is 0 Å². The van der Waals surface area contributed by atoms with Gasteiger partial charge >= 0.3 is 5.69 Å². The van der Waals surface area contributed by atoms with E-state index in [-0.39, 0.29) is 21.8 Å². The quantitative estimate of drug-likeness (QED) is 0.148. The minimum atomic E-state index is -0.765. The van der Waals surface area contributed by atoms with Gasteiger partial charge in [0.25, 0.3) is 5.69 Å². The summed E-state index contributed by atoms with van der Waals surface area (Å²) in [5.41, 5.74) is 1.60. The van der Waals surface area contributed by atoms with Crippen LogP contribution in [0, 0.1) is 20.2 Å². The van der Waals surface area contributed by atoms with E-state index in [1.54, 1.807) is 12.1 Å². The molecule has 3 aromatic carbocycles. The molecule has 11 nitrogen and oxygen atoms in total. The number of nitro groups is 2. The molecule has 0 aliphatic heterocycles. The van der Waals surface area contributed by atoms with Gasteiger partial charge in [0, 0.05) is 31.8 Å². The van der Waals surface area contributed by atoms with Crippen molar-refractivity contribution < 1.29 is 14.6 Å². The first-order valence-corrected chi connectivity index (χ1v) is 12.2. The highest BCUT2D eigenvalue weighted by Gasteiger charge is 2.23. The number of amides is 1. The number of nitro benzene ring substituents is 2. The maximum absolute atomic E-state index is 11.9. The van der Waals surface area contributed by atoms with Crippen LogP contribution in [0.15, 0.2) is 75.4 Å². The third-order valence-corrected chi connectivity index (χ3v) is 6.07. The molecule has 0 spiro atoms. The number of halogens is 1. The highest BCUT2D eigenvalue weighted by Crippen LogP contribution is 2.40. The minimum absolute atomic E-state index is 0.0467. The smallest absolute Gasteiger partial charge is 0.304 e. The molecule has 0 bridgehead atoms. The second-order valence-corrected chi connectivity index (χ2v) is 8.92. The Labute approximate surface area is 221 Å². The molecule has 0 atom stereocenters. The van der Waals surface area contributed by atoms with Crippen LogP contribution in [0.1, 0.15) is 25.8 Å². The normalized spacial score (nSPS) is 10.9. The SMILES string of the molecule is CCN(CCCc1ccccc1)c1ccc(N=Nc2c(Br)cc([N+](=O)[O-])cc2[N+](=O)[O-])c(NC(C)=O)c1. The van der Waals surface area contributed by atoms with E-state index in [4.69, 9.17) is 0 Å². The highest BCUT2D eigenvalue weighted by molar-refractivity contribution is 9.10. The zero-order valence-corrected chi connectivity index (χ0v) is 21.8. The Morgan fingerprint density at radius 2 is 1.76 bits per heavy atom. The molecule has 3 rings (SSSR count). The molecule has 0 radical (unpaired) electrons. The Morgan fingerprint density at radius 3 is 2.38 bits per heavy atom. The van der Waals surface area contributed by atoms with Crippen LogP contribution >= 0.6 is 15.9 Å². The molecule has 12 heteroatoms. The molecule has 0 unspecified atom stereocenters. The van der Waals surface area contributed by atoms with Crippen molar-refractivity contribution >= 4 is 56.0 Å². The molecule has 0 heterocycles. The summed E-state index contributed by atoms with van der Waals surface area (Å²) in [6.07, 6.45) is 1.87. The van der Waals surface area contributed by atoms with Gasteiger partial charge in [0.05, 0.1) is 26.1 Å². The summed E-state index contributed by atoms with van der Waals surface area (Å²) in [5.74, 6) is -0.316. The average molecular weight is 569 g/mol. The number of carbonyl (C=O) groups excluding carboxylic acids is 1. The predicted octanol–water partition coefficient (Wildman–Crippen LogP) is 7.10. The number of nitrogens with zero attached hydrogens (tertiary/aromatic N) is 5. The van der Waals surface area contributed by atoms with Crippen LogP contribution in [0.25, 0.3) is 0 Å². The van der Waals surface area contributed by atoms with Crippen LogP contribution in [-0.4, -0.2) is 28.8 Å². The molecule has 0 saturated heterocycles. The number of hydrogen-bond donors (Lipinski definition) is 1. The number of nitrogens with one attached hydrogen (secondary N) is 1. The fourth-order valence-electron chi connectivity index (χ4n) is 3.70. The zero-order chi connectivity index (χ0) is 26.9. The Morgan fingerprint density at radius 1 is 1.03 bits per heavy atom. The molecule has 1 N–H and O–H groups in total.